The van der Waals surface area contributed by atoms with Gasteiger partial charge < -0.3 is 14.9 Å². The number of nitrogens with zero attached hydrogens (tertiary/aromatic N) is 3. The number of hydrogen-bond donors (Lipinski definition) is 1. The Hall–Kier alpha value is -1.63. The molecule has 2 amide bonds. The molecule has 1 aromatic heterocycles. The van der Waals surface area contributed by atoms with E-state index in [9.17, 15) is 14.7 Å². The van der Waals surface area contributed by atoms with Crippen LogP contribution in [0.1, 0.15) is 36.4 Å². The lowest BCUT2D eigenvalue weighted by Gasteiger charge is -2.31. The van der Waals surface area contributed by atoms with E-state index in [-0.39, 0.29) is 6.03 Å². The van der Waals surface area contributed by atoms with E-state index in [0.717, 1.165) is 30.0 Å². The number of amides is 2. The number of carboxylic acid groups (broad SMARTS) is 1. The second-order valence-electron chi connectivity index (χ2n) is 5.39. The lowest BCUT2D eigenvalue weighted by Crippen LogP contribution is -2.49. The highest BCUT2D eigenvalue weighted by atomic mass is 32.1. The second kappa shape index (κ2) is 6.89. The van der Waals surface area contributed by atoms with Gasteiger partial charge in [0.15, 0.2) is 0 Å². The molecule has 2 rings (SSSR count). The molecule has 21 heavy (non-hydrogen) atoms. The smallest absolute Gasteiger partial charge is 0.326 e. The summed E-state index contributed by atoms with van der Waals surface area (Å²) in [6.45, 7) is 2.84. The molecule has 116 valence electrons. The van der Waals surface area contributed by atoms with Crippen molar-refractivity contribution in [2.45, 2.75) is 45.2 Å². The molecule has 0 aromatic carbocycles. The summed E-state index contributed by atoms with van der Waals surface area (Å²) in [4.78, 5) is 31.3. The Balaban J connectivity index is 2.06. The summed E-state index contributed by atoms with van der Waals surface area (Å²) in [5.74, 6) is -0.914. The second-order valence-corrected chi connectivity index (χ2v) is 6.46. The van der Waals surface area contributed by atoms with Crippen molar-refractivity contribution in [1.82, 2.24) is 14.8 Å². The zero-order chi connectivity index (χ0) is 15.4. The topological polar surface area (TPSA) is 73.7 Å². The molecule has 1 fully saturated rings. The van der Waals surface area contributed by atoms with E-state index in [2.05, 4.69) is 4.98 Å². The predicted octanol–water partition coefficient (Wildman–Crippen LogP) is 2.33. The molecule has 2 heterocycles. The third-order valence-electron chi connectivity index (χ3n) is 3.68. The molecule has 1 aliphatic heterocycles. The van der Waals surface area contributed by atoms with Crippen LogP contribution in [-0.4, -0.2) is 51.5 Å². The predicted molar refractivity (Wildman–Crippen MR) is 80.3 cm³/mol. The highest BCUT2D eigenvalue weighted by molar-refractivity contribution is 7.09. The largest absolute Gasteiger partial charge is 0.480 e. The van der Waals surface area contributed by atoms with Crippen molar-refractivity contribution in [2.24, 2.45) is 0 Å². The third kappa shape index (κ3) is 3.93. The van der Waals surface area contributed by atoms with E-state index in [4.69, 9.17) is 0 Å². The van der Waals surface area contributed by atoms with Gasteiger partial charge in [0.1, 0.15) is 6.04 Å². The fourth-order valence-corrected chi connectivity index (χ4v) is 3.21. The van der Waals surface area contributed by atoms with E-state index < -0.39 is 12.0 Å². The van der Waals surface area contributed by atoms with Crippen molar-refractivity contribution >= 4 is 23.3 Å². The normalized spacial score (nSPS) is 19.1. The average molecular weight is 311 g/mol. The van der Waals surface area contributed by atoms with Crippen LogP contribution in [0.15, 0.2) is 5.38 Å². The molecule has 6 nitrogen and oxygen atoms in total. The van der Waals surface area contributed by atoms with E-state index in [1.807, 2.05) is 12.3 Å². The van der Waals surface area contributed by atoms with Crippen molar-refractivity contribution in [1.29, 1.82) is 0 Å². The molecule has 1 atom stereocenters. The summed E-state index contributed by atoms with van der Waals surface area (Å²) < 4.78 is 0. The van der Waals surface area contributed by atoms with Crippen molar-refractivity contribution in [3.05, 3.63) is 16.1 Å². The van der Waals surface area contributed by atoms with Crippen LogP contribution in [0.4, 0.5) is 4.79 Å². The summed E-state index contributed by atoms with van der Waals surface area (Å²) in [6.07, 6.45) is 3.22. The van der Waals surface area contributed by atoms with Gasteiger partial charge in [0, 0.05) is 19.0 Å². The maximum Gasteiger partial charge on any atom is 0.326 e. The van der Waals surface area contributed by atoms with Gasteiger partial charge >= 0.3 is 12.0 Å². The molecule has 1 aromatic rings. The molecule has 0 saturated carbocycles. The van der Waals surface area contributed by atoms with Crippen molar-refractivity contribution in [3.63, 3.8) is 0 Å². The lowest BCUT2D eigenvalue weighted by atomic mass is 10.1. The maximum absolute atomic E-state index is 12.5. The first-order chi connectivity index (χ1) is 9.99. The van der Waals surface area contributed by atoms with E-state index in [1.54, 1.807) is 23.3 Å². The number of thiazole rings is 1. The number of carbonyl (C=O) groups excluding carboxylic acids is 1. The van der Waals surface area contributed by atoms with E-state index in [1.165, 1.54) is 4.90 Å². The van der Waals surface area contributed by atoms with Crippen LogP contribution in [0.25, 0.3) is 0 Å². The number of aryl methyl sites for hydroxylation is 1. The molecule has 1 aliphatic rings. The number of hydrogen-bond acceptors (Lipinski definition) is 4. The summed E-state index contributed by atoms with van der Waals surface area (Å²) in [6, 6.07) is -0.936. The van der Waals surface area contributed by atoms with Gasteiger partial charge in [-0.05, 0) is 19.8 Å². The highest BCUT2D eigenvalue weighted by Crippen LogP contribution is 2.19. The number of urea groups is 1. The Morgan fingerprint density at radius 1 is 1.48 bits per heavy atom. The molecule has 0 spiro atoms. The number of likely N-dealkylation sites (tertiary alicyclic amines) is 1. The van der Waals surface area contributed by atoms with Crippen LogP contribution in [0.3, 0.4) is 0 Å². The first kappa shape index (κ1) is 15.8. The summed E-state index contributed by atoms with van der Waals surface area (Å²) >= 11 is 1.55. The van der Waals surface area contributed by atoms with Crippen LogP contribution in [-0.2, 0) is 11.3 Å². The fourth-order valence-electron chi connectivity index (χ4n) is 2.60. The van der Waals surface area contributed by atoms with Crippen molar-refractivity contribution in [3.8, 4) is 0 Å². The van der Waals surface area contributed by atoms with Gasteiger partial charge in [0.05, 0.1) is 17.2 Å². The standard InChI is InChI=1S/C14H21N3O3S/c1-10-15-11(9-21-10)8-16(2)14(20)17-7-5-3-4-6-12(17)13(18)19/h9,12H,3-8H2,1-2H3,(H,18,19). The van der Waals surface area contributed by atoms with Crippen LogP contribution in [0.2, 0.25) is 0 Å². The van der Waals surface area contributed by atoms with Crippen molar-refractivity contribution in [2.75, 3.05) is 13.6 Å². The summed E-state index contributed by atoms with van der Waals surface area (Å²) in [7, 11) is 1.70. The average Bonchev–Trinajstić information content (AvgIpc) is 2.71. The van der Waals surface area contributed by atoms with Gasteiger partial charge in [0.2, 0.25) is 0 Å². The Kier molecular flexibility index (Phi) is 5.17. The number of carboxylic acids is 1. The Labute approximate surface area is 128 Å². The molecule has 0 aliphatic carbocycles. The van der Waals surface area contributed by atoms with Gasteiger partial charge in [0.25, 0.3) is 0 Å². The van der Waals surface area contributed by atoms with Gasteiger partial charge in [-0.1, -0.05) is 12.8 Å². The molecule has 1 N–H and O–H groups in total. The number of carbonyl (C=O) groups is 2. The first-order valence-electron chi connectivity index (χ1n) is 7.14. The molecule has 1 saturated heterocycles. The van der Waals surface area contributed by atoms with E-state index in [0.29, 0.717) is 19.5 Å². The summed E-state index contributed by atoms with van der Waals surface area (Å²) in [5.41, 5.74) is 0.843. The van der Waals surface area contributed by atoms with Crippen LogP contribution < -0.4 is 0 Å². The Morgan fingerprint density at radius 2 is 2.24 bits per heavy atom. The van der Waals surface area contributed by atoms with Gasteiger partial charge in [-0.2, -0.15) is 0 Å². The molecule has 7 heteroatoms. The number of aromatic nitrogens is 1. The van der Waals surface area contributed by atoms with Gasteiger partial charge in [-0.15, -0.1) is 11.3 Å². The van der Waals surface area contributed by atoms with Crippen LogP contribution in [0.5, 0.6) is 0 Å². The minimum absolute atomic E-state index is 0.227. The first-order valence-corrected chi connectivity index (χ1v) is 8.02. The SMILES string of the molecule is Cc1nc(CN(C)C(=O)N2CCCCCC2C(=O)O)cs1. The molecule has 1 unspecified atom stereocenters. The number of rotatable bonds is 3. The molecular weight excluding hydrogens is 290 g/mol. The summed E-state index contributed by atoms with van der Waals surface area (Å²) in [5, 5.41) is 12.2. The monoisotopic (exact) mass is 311 g/mol. The van der Waals surface area contributed by atoms with Crippen LogP contribution >= 0.6 is 11.3 Å². The van der Waals surface area contributed by atoms with E-state index >= 15 is 0 Å². The highest BCUT2D eigenvalue weighted by Gasteiger charge is 2.32. The van der Waals surface area contributed by atoms with Crippen LogP contribution in [0, 0.1) is 6.92 Å². The third-order valence-corrected chi connectivity index (χ3v) is 4.50. The quantitative estimate of drug-likeness (QED) is 0.930. The molecule has 0 radical (unpaired) electrons. The van der Waals surface area contributed by atoms with Gasteiger partial charge in [-0.3, -0.25) is 0 Å². The lowest BCUT2D eigenvalue weighted by molar-refractivity contribution is -0.142. The Bertz CT molecular complexity index is 517. The zero-order valence-corrected chi connectivity index (χ0v) is 13.2. The maximum atomic E-state index is 12.5. The number of aliphatic carboxylic acids is 1. The molecule has 0 bridgehead atoms. The van der Waals surface area contributed by atoms with Gasteiger partial charge in [-0.25, -0.2) is 14.6 Å². The fraction of sp³-hybridized carbons (Fsp3) is 0.643. The Morgan fingerprint density at radius 3 is 2.86 bits per heavy atom. The minimum atomic E-state index is -0.914. The molecular formula is C14H21N3O3S. The minimum Gasteiger partial charge on any atom is -0.480 e. The van der Waals surface area contributed by atoms with Crippen molar-refractivity contribution < 1.29 is 14.7 Å². The zero-order valence-electron chi connectivity index (χ0n) is 12.4.